The van der Waals surface area contributed by atoms with E-state index in [1.54, 1.807) is 0 Å². The van der Waals surface area contributed by atoms with Gasteiger partial charge in [-0.25, -0.2) is 4.98 Å². The van der Waals surface area contributed by atoms with Crippen molar-refractivity contribution in [2.75, 3.05) is 9.80 Å². The fraction of sp³-hybridized carbons (Fsp3) is 0.152. The van der Waals surface area contributed by atoms with Gasteiger partial charge in [-0.15, -0.1) is 53.6 Å². The molecule has 0 radical (unpaired) electrons. The van der Waals surface area contributed by atoms with E-state index in [1.807, 2.05) is 12.3 Å². The standard InChI is InChI=1S/C66H57N4O.Pt/c1-64(2,3)51-29-20-30-54(38-51)69-45-68(44-62(69)47-23-14-9-15-24-47)55-39-53(66(6,7)50-27-18-11-19-28-50)40-57(42-55)71-56-32-33-58-59-37-48(46-21-12-8-13-22-46)31-34-60(59)70(61(58)43-56)63-41-52(35-36-67-63)65(4,5)49-25-16-10-17-26-49;/h8-41,44-45H,1-7H3;/q-3;. The van der Waals surface area contributed by atoms with E-state index < -0.39 is 0 Å². The molecule has 0 spiro atoms. The summed E-state index contributed by atoms with van der Waals surface area (Å²) in [6, 6.07) is 78.5. The number of anilines is 2. The first kappa shape index (κ1) is 48.2. The van der Waals surface area contributed by atoms with Crippen LogP contribution in [0.4, 0.5) is 11.4 Å². The van der Waals surface area contributed by atoms with Crippen LogP contribution in [0.1, 0.15) is 81.8 Å². The van der Waals surface area contributed by atoms with Gasteiger partial charge in [0, 0.05) is 61.1 Å². The van der Waals surface area contributed by atoms with Gasteiger partial charge in [0.1, 0.15) is 5.82 Å². The average molecular weight is 1120 g/mol. The maximum Gasteiger partial charge on any atom is 0.135 e. The van der Waals surface area contributed by atoms with E-state index in [0.717, 1.165) is 66.9 Å². The molecule has 0 bridgehead atoms. The summed E-state index contributed by atoms with van der Waals surface area (Å²) in [5.74, 6) is 1.98. The molecule has 0 aliphatic carbocycles. The summed E-state index contributed by atoms with van der Waals surface area (Å²) in [6.07, 6.45) is 4.13. The zero-order chi connectivity index (χ0) is 48.9. The molecule has 0 atom stereocenters. The Balaban J connectivity index is 0.00000596. The maximum absolute atomic E-state index is 7.03. The molecule has 6 heteroatoms. The summed E-state index contributed by atoms with van der Waals surface area (Å²) in [5.41, 5.74) is 13.7. The number of benzene rings is 8. The molecular formula is C66H57N4OPt-3. The van der Waals surface area contributed by atoms with Crippen LogP contribution < -0.4 is 14.5 Å². The topological polar surface area (TPSA) is 33.5 Å². The molecule has 0 unspecified atom stereocenters. The van der Waals surface area contributed by atoms with E-state index in [9.17, 15) is 0 Å². The number of nitrogens with zero attached hydrogens (tertiary/aromatic N) is 4. The van der Waals surface area contributed by atoms with Crippen molar-refractivity contribution < 1.29 is 25.8 Å². The van der Waals surface area contributed by atoms with Gasteiger partial charge in [0.15, 0.2) is 0 Å². The van der Waals surface area contributed by atoms with Crippen molar-refractivity contribution in [3.8, 4) is 28.4 Å². The Morgan fingerprint density at radius 1 is 0.486 bits per heavy atom. The first-order valence-electron chi connectivity index (χ1n) is 24.5. The molecule has 72 heavy (non-hydrogen) atoms. The van der Waals surface area contributed by atoms with E-state index in [1.165, 1.54) is 22.3 Å². The van der Waals surface area contributed by atoms with Crippen LogP contribution >= 0.6 is 0 Å². The van der Waals surface area contributed by atoms with Crippen LogP contribution in [0.3, 0.4) is 0 Å². The van der Waals surface area contributed by atoms with Gasteiger partial charge >= 0.3 is 0 Å². The van der Waals surface area contributed by atoms with E-state index in [2.05, 4.69) is 282 Å². The van der Waals surface area contributed by atoms with Crippen LogP contribution in [0.5, 0.6) is 11.5 Å². The summed E-state index contributed by atoms with van der Waals surface area (Å²) in [7, 11) is 0. The van der Waals surface area contributed by atoms with Crippen LogP contribution in [-0.4, -0.2) is 9.55 Å². The number of pyridine rings is 1. The SMILES string of the molecule is CC(C)(C)c1cccc(N2[CH-]N(c3[c-]c(Oc4[c-]c5c(cc4)c4cc(-c6ccccc6)ccc4n5-c4cc(C(C)(C)c5ccccc5)ccn4)cc(C(C)(C)c4ccccc4)c3)C=C2c2ccccc2)c1.[Pt]. The summed E-state index contributed by atoms with van der Waals surface area (Å²) in [5, 5.41) is 2.17. The molecule has 1 aliphatic rings. The first-order chi connectivity index (χ1) is 34.3. The molecule has 0 amide bonds. The fourth-order valence-corrected chi connectivity index (χ4v) is 9.90. The second kappa shape index (κ2) is 19.3. The number of ether oxygens (including phenoxy) is 1. The molecule has 360 valence electrons. The predicted octanol–water partition coefficient (Wildman–Crippen LogP) is 16.6. The van der Waals surface area contributed by atoms with Gasteiger partial charge in [0.05, 0.1) is 0 Å². The van der Waals surface area contributed by atoms with Crippen LogP contribution in [0.2, 0.25) is 0 Å². The van der Waals surface area contributed by atoms with Gasteiger partial charge < -0.3 is 19.1 Å². The largest absolute Gasteiger partial charge is 0.509 e. The fourth-order valence-electron chi connectivity index (χ4n) is 9.90. The number of aromatic nitrogens is 2. The van der Waals surface area contributed by atoms with Gasteiger partial charge in [-0.05, 0) is 91.7 Å². The van der Waals surface area contributed by atoms with Crippen molar-refractivity contribution in [3.05, 3.63) is 265 Å². The number of hydrogen-bond donors (Lipinski definition) is 0. The van der Waals surface area contributed by atoms with Gasteiger partial charge in [-0.1, -0.05) is 200 Å². The monoisotopic (exact) mass is 1120 g/mol. The second-order valence-electron chi connectivity index (χ2n) is 20.7. The normalized spacial score (nSPS) is 13.1. The molecule has 0 saturated heterocycles. The van der Waals surface area contributed by atoms with Crippen LogP contribution in [0.25, 0.3) is 44.4 Å². The second-order valence-corrected chi connectivity index (χ2v) is 20.7. The number of rotatable bonds is 11. The first-order valence-corrected chi connectivity index (χ1v) is 24.5. The van der Waals surface area contributed by atoms with Crippen molar-refractivity contribution in [2.24, 2.45) is 0 Å². The predicted molar refractivity (Wildman–Crippen MR) is 294 cm³/mol. The van der Waals surface area contributed by atoms with E-state index in [4.69, 9.17) is 9.72 Å². The summed E-state index contributed by atoms with van der Waals surface area (Å²) >= 11 is 0. The number of fused-ring (bicyclic) bond motifs is 3. The Morgan fingerprint density at radius 3 is 1.78 bits per heavy atom. The Bertz CT molecular complexity index is 3580. The minimum Gasteiger partial charge on any atom is -0.509 e. The third-order valence-corrected chi connectivity index (χ3v) is 14.3. The molecule has 0 fully saturated rings. The van der Waals surface area contributed by atoms with Crippen molar-refractivity contribution in [2.45, 2.75) is 64.7 Å². The molecule has 10 aromatic rings. The van der Waals surface area contributed by atoms with Gasteiger partial charge in [0.25, 0.3) is 0 Å². The zero-order valence-electron chi connectivity index (χ0n) is 41.8. The molecule has 8 aromatic carbocycles. The molecular weight excluding hydrogens is 1060 g/mol. The minimum atomic E-state index is -0.379. The summed E-state index contributed by atoms with van der Waals surface area (Å²) in [6.45, 7) is 18.0. The van der Waals surface area contributed by atoms with Gasteiger partial charge in [-0.2, -0.15) is 6.07 Å². The van der Waals surface area contributed by atoms with Gasteiger partial charge in [-0.3, -0.25) is 0 Å². The maximum atomic E-state index is 7.03. The molecule has 2 aromatic heterocycles. The Morgan fingerprint density at radius 2 is 1.11 bits per heavy atom. The quantitative estimate of drug-likeness (QED) is 0.121. The summed E-state index contributed by atoms with van der Waals surface area (Å²) in [4.78, 5) is 9.51. The Kier molecular flexibility index (Phi) is 12.9. The minimum absolute atomic E-state index is 0. The van der Waals surface area contributed by atoms with E-state index in [0.29, 0.717) is 11.5 Å². The van der Waals surface area contributed by atoms with Crippen molar-refractivity contribution in [1.82, 2.24) is 9.55 Å². The van der Waals surface area contributed by atoms with Crippen LogP contribution in [0, 0.1) is 18.8 Å². The molecule has 3 heterocycles. The van der Waals surface area contributed by atoms with Crippen molar-refractivity contribution in [1.29, 1.82) is 0 Å². The Hall–Kier alpha value is -7.46. The van der Waals surface area contributed by atoms with Crippen molar-refractivity contribution >= 4 is 38.9 Å². The number of hydrogen-bond acceptors (Lipinski definition) is 4. The van der Waals surface area contributed by atoms with Crippen LogP contribution in [0.15, 0.2) is 213 Å². The average Bonchev–Trinajstić information content (AvgIpc) is 3.99. The smallest absolute Gasteiger partial charge is 0.135 e. The third kappa shape index (κ3) is 9.19. The third-order valence-electron chi connectivity index (χ3n) is 14.3. The van der Waals surface area contributed by atoms with E-state index in [-0.39, 0.29) is 37.3 Å². The molecule has 11 rings (SSSR count). The molecule has 1 aliphatic heterocycles. The summed E-state index contributed by atoms with van der Waals surface area (Å²) < 4.78 is 9.27. The zero-order valence-corrected chi connectivity index (χ0v) is 44.1. The van der Waals surface area contributed by atoms with Gasteiger partial charge in [0.2, 0.25) is 0 Å². The van der Waals surface area contributed by atoms with E-state index >= 15 is 0 Å². The van der Waals surface area contributed by atoms with Crippen LogP contribution in [-0.2, 0) is 37.3 Å². The molecule has 0 N–H and O–H groups in total. The van der Waals surface area contributed by atoms with Crippen molar-refractivity contribution in [3.63, 3.8) is 0 Å². The molecule has 0 saturated carbocycles. The molecule has 5 nitrogen and oxygen atoms in total. The Labute approximate surface area is 439 Å².